The maximum atomic E-state index is 12.8. The molecule has 5 bridgehead atoms. The number of carbonyl (C=O) groups excluding carboxylic acids is 2. The topological polar surface area (TPSA) is 84.2 Å². The van der Waals surface area contributed by atoms with Crippen LogP contribution in [0.15, 0.2) is 23.0 Å². The van der Waals surface area contributed by atoms with Crippen molar-refractivity contribution in [3.8, 4) is 0 Å². The molecule has 1 aliphatic carbocycles. The van der Waals surface area contributed by atoms with E-state index in [1.54, 1.807) is 12.5 Å². The van der Waals surface area contributed by atoms with Crippen LogP contribution in [0.1, 0.15) is 45.6 Å². The Bertz CT molecular complexity index is 879. The van der Waals surface area contributed by atoms with Gasteiger partial charge in [0.2, 0.25) is 11.6 Å². The minimum atomic E-state index is -1.14. The summed E-state index contributed by atoms with van der Waals surface area (Å²) in [5.74, 6) is -3.14. The normalized spacial score (nSPS) is 55.1. The van der Waals surface area contributed by atoms with E-state index >= 15 is 0 Å². The Hall–Kier alpha value is -1.86. The zero-order valence-corrected chi connectivity index (χ0v) is 15.6. The molecule has 27 heavy (non-hydrogen) atoms. The van der Waals surface area contributed by atoms with Gasteiger partial charge < -0.3 is 23.4 Å². The van der Waals surface area contributed by atoms with Crippen molar-refractivity contribution in [3.63, 3.8) is 0 Å². The van der Waals surface area contributed by atoms with Crippen LogP contribution in [0.25, 0.3) is 0 Å². The van der Waals surface area contributed by atoms with Crippen LogP contribution in [0, 0.1) is 22.7 Å². The highest BCUT2D eigenvalue weighted by molar-refractivity contribution is 5.82. The first-order valence-corrected chi connectivity index (χ1v) is 9.57. The fourth-order valence-corrected chi connectivity index (χ4v) is 6.78. The van der Waals surface area contributed by atoms with Gasteiger partial charge in [0.1, 0.15) is 12.2 Å². The van der Waals surface area contributed by atoms with Crippen molar-refractivity contribution in [3.05, 3.63) is 24.2 Å². The molecule has 0 aromatic carbocycles. The smallest absolute Gasteiger partial charge is 0.315 e. The second-order valence-corrected chi connectivity index (χ2v) is 9.18. The second-order valence-electron chi connectivity index (χ2n) is 9.18. The minimum Gasteiger partial charge on any atom is -0.472 e. The van der Waals surface area contributed by atoms with E-state index in [0.717, 1.165) is 5.56 Å². The molecule has 7 nitrogen and oxygen atoms in total. The third kappa shape index (κ3) is 1.36. The molecule has 7 heteroatoms. The summed E-state index contributed by atoms with van der Waals surface area (Å²) in [6.45, 7) is 6.02. The summed E-state index contributed by atoms with van der Waals surface area (Å²) < 4.78 is 30.3. The Balaban J connectivity index is 1.67. The van der Waals surface area contributed by atoms with E-state index in [1.807, 2.05) is 19.9 Å². The third-order valence-corrected chi connectivity index (χ3v) is 8.43. The molecule has 6 fully saturated rings. The Labute approximate surface area is 156 Å². The van der Waals surface area contributed by atoms with Gasteiger partial charge in [-0.1, -0.05) is 13.8 Å². The molecule has 5 saturated heterocycles. The van der Waals surface area contributed by atoms with Gasteiger partial charge in [0.25, 0.3) is 0 Å². The first kappa shape index (κ1) is 16.1. The van der Waals surface area contributed by atoms with Gasteiger partial charge in [0.15, 0.2) is 0 Å². The molecule has 6 aliphatic rings. The maximum Gasteiger partial charge on any atom is 0.315 e. The van der Waals surface area contributed by atoms with Crippen molar-refractivity contribution < 1.29 is 33.0 Å². The number of hydrogen-bond acceptors (Lipinski definition) is 7. The van der Waals surface area contributed by atoms with Crippen LogP contribution in [0.3, 0.4) is 0 Å². The lowest BCUT2D eigenvalue weighted by molar-refractivity contribution is -0.555. The minimum absolute atomic E-state index is 0.0646. The first-order chi connectivity index (χ1) is 12.7. The Morgan fingerprint density at radius 3 is 2.70 bits per heavy atom. The van der Waals surface area contributed by atoms with Gasteiger partial charge in [-0.3, -0.25) is 9.59 Å². The molecular formula is C20H22O7. The van der Waals surface area contributed by atoms with Crippen LogP contribution in [0.4, 0.5) is 0 Å². The number of hydrogen-bond donors (Lipinski definition) is 0. The highest BCUT2D eigenvalue weighted by atomic mass is 16.8. The number of rotatable bonds is 1. The van der Waals surface area contributed by atoms with Crippen molar-refractivity contribution >= 4 is 11.9 Å². The number of esters is 2. The number of cyclic esters (lactones) is 1. The molecule has 1 spiro atoms. The van der Waals surface area contributed by atoms with Crippen molar-refractivity contribution in [1.82, 2.24) is 0 Å². The molecular weight excluding hydrogens is 352 g/mol. The van der Waals surface area contributed by atoms with E-state index in [2.05, 4.69) is 6.92 Å². The summed E-state index contributed by atoms with van der Waals surface area (Å²) in [5.41, 5.74) is -1.68. The fourth-order valence-electron chi connectivity index (χ4n) is 6.78. The molecule has 1 saturated carbocycles. The summed E-state index contributed by atoms with van der Waals surface area (Å²) in [4.78, 5) is 25.5. The lowest BCUT2D eigenvalue weighted by Crippen LogP contribution is -2.86. The van der Waals surface area contributed by atoms with E-state index in [0.29, 0.717) is 19.3 Å². The summed E-state index contributed by atoms with van der Waals surface area (Å²) in [6.07, 6.45) is 4.61. The second kappa shape index (κ2) is 4.25. The van der Waals surface area contributed by atoms with Crippen LogP contribution in [0.2, 0.25) is 0 Å². The lowest BCUT2D eigenvalue weighted by atomic mass is 9.41. The molecule has 7 rings (SSSR count). The van der Waals surface area contributed by atoms with E-state index in [-0.39, 0.29) is 30.4 Å². The van der Waals surface area contributed by atoms with Crippen LogP contribution in [-0.2, 0) is 34.3 Å². The first-order valence-electron chi connectivity index (χ1n) is 9.57. The zero-order chi connectivity index (χ0) is 18.9. The average molecular weight is 374 g/mol. The summed E-state index contributed by atoms with van der Waals surface area (Å²) in [6, 6.07) is 1.81. The Kier molecular flexibility index (Phi) is 2.54. The van der Waals surface area contributed by atoms with Crippen molar-refractivity contribution in [2.75, 3.05) is 6.61 Å². The van der Waals surface area contributed by atoms with Gasteiger partial charge in [-0.2, -0.15) is 0 Å². The summed E-state index contributed by atoms with van der Waals surface area (Å²) in [5, 5.41) is 0. The summed E-state index contributed by atoms with van der Waals surface area (Å²) in [7, 11) is 0. The van der Waals surface area contributed by atoms with Crippen LogP contribution in [-0.4, -0.2) is 29.9 Å². The standard InChI is InChI=1S/C20H22O7/c1-11-13-8-18(12-4-7-23-9-12)26-19-10-24-15(22)16(19,2)5-6-20(27-18,17(13,19)3)25-14(11)21/h4,7,9,11,13H,5-6,8,10H2,1-3H3/t11-,13+,16-,17-,18+,19?,20-/m0/s1. The highest BCUT2D eigenvalue weighted by Gasteiger charge is 2.89. The Morgan fingerprint density at radius 2 is 1.96 bits per heavy atom. The molecule has 1 unspecified atom stereocenters. The van der Waals surface area contributed by atoms with Crippen LogP contribution >= 0.6 is 0 Å². The molecule has 1 aromatic rings. The Morgan fingerprint density at radius 1 is 1.15 bits per heavy atom. The highest BCUT2D eigenvalue weighted by Crippen LogP contribution is 2.78. The van der Waals surface area contributed by atoms with E-state index in [4.69, 9.17) is 23.4 Å². The SMILES string of the molecule is C[C@@H]1C(=O)O[C@]23CC[C@@]4(C)C(=O)OCC45O[C@](c4ccoc4)(C[C@H]1[C@@]52C)O3. The largest absolute Gasteiger partial charge is 0.472 e. The van der Waals surface area contributed by atoms with Crippen LogP contribution in [0.5, 0.6) is 0 Å². The van der Waals surface area contributed by atoms with Crippen molar-refractivity contribution in [2.45, 2.75) is 57.2 Å². The third-order valence-electron chi connectivity index (χ3n) is 8.43. The van der Waals surface area contributed by atoms with Crippen molar-refractivity contribution in [1.29, 1.82) is 0 Å². The molecule has 0 amide bonds. The monoisotopic (exact) mass is 374 g/mol. The molecule has 1 aromatic heterocycles. The molecule has 0 N–H and O–H groups in total. The average Bonchev–Trinajstić information content (AvgIpc) is 3.24. The maximum absolute atomic E-state index is 12.8. The molecule has 0 radical (unpaired) electrons. The predicted octanol–water partition coefficient (Wildman–Crippen LogP) is 2.49. The molecule has 6 heterocycles. The van der Waals surface area contributed by atoms with E-state index < -0.39 is 28.0 Å². The fraction of sp³-hybridized carbons (Fsp3) is 0.700. The predicted molar refractivity (Wildman–Crippen MR) is 87.8 cm³/mol. The van der Waals surface area contributed by atoms with Gasteiger partial charge >= 0.3 is 11.9 Å². The number of ether oxygens (including phenoxy) is 4. The lowest BCUT2D eigenvalue weighted by Gasteiger charge is -2.76. The summed E-state index contributed by atoms with van der Waals surface area (Å²) >= 11 is 0. The molecule has 144 valence electrons. The number of furan rings is 1. The van der Waals surface area contributed by atoms with Crippen molar-refractivity contribution in [2.24, 2.45) is 22.7 Å². The molecule has 5 aliphatic heterocycles. The van der Waals surface area contributed by atoms with E-state index in [9.17, 15) is 9.59 Å². The van der Waals surface area contributed by atoms with Gasteiger partial charge in [-0.25, -0.2) is 0 Å². The van der Waals surface area contributed by atoms with Crippen LogP contribution < -0.4 is 0 Å². The number of carbonyl (C=O) groups is 2. The molecule has 7 atom stereocenters. The van der Waals surface area contributed by atoms with E-state index in [1.165, 1.54) is 0 Å². The van der Waals surface area contributed by atoms with Gasteiger partial charge in [0.05, 0.1) is 29.3 Å². The van der Waals surface area contributed by atoms with Gasteiger partial charge in [0, 0.05) is 18.4 Å². The quantitative estimate of drug-likeness (QED) is 0.698. The zero-order valence-electron chi connectivity index (χ0n) is 15.6. The van der Waals surface area contributed by atoms with Gasteiger partial charge in [-0.05, 0) is 25.3 Å². The van der Waals surface area contributed by atoms with Gasteiger partial charge in [-0.15, -0.1) is 0 Å².